The van der Waals surface area contributed by atoms with E-state index < -0.39 is 6.10 Å². The highest BCUT2D eigenvalue weighted by Gasteiger charge is 2.48. The van der Waals surface area contributed by atoms with Gasteiger partial charge in [-0.1, -0.05) is 13.8 Å². The molecular formula is C15H31NO4. The summed E-state index contributed by atoms with van der Waals surface area (Å²) in [6.45, 7) is 10.4. The fourth-order valence-electron chi connectivity index (χ4n) is 2.53. The second kappa shape index (κ2) is 8.29. The van der Waals surface area contributed by atoms with Gasteiger partial charge in [0.05, 0.1) is 38.1 Å². The van der Waals surface area contributed by atoms with Gasteiger partial charge in [0, 0.05) is 25.1 Å². The lowest BCUT2D eigenvalue weighted by Gasteiger charge is -2.51. The minimum Gasteiger partial charge on any atom is -0.389 e. The van der Waals surface area contributed by atoms with Gasteiger partial charge in [-0.15, -0.1) is 0 Å². The van der Waals surface area contributed by atoms with E-state index in [1.807, 2.05) is 13.8 Å². The van der Waals surface area contributed by atoms with Gasteiger partial charge >= 0.3 is 0 Å². The van der Waals surface area contributed by atoms with Crippen LogP contribution < -0.4 is 5.32 Å². The van der Waals surface area contributed by atoms with Gasteiger partial charge in [-0.25, -0.2) is 0 Å². The van der Waals surface area contributed by atoms with Crippen LogP contribution in [0, 0.1) is 5.41 Å². The Kier molecular flexibility index (Phi) is 7.40. The second-order valence-corrected chi connectivity index (χ2v) is 6.39. The third-order valence-electron chi connectivity index (χ3n) is 4.05. The molecule has 1 saturated carbocycles. The quantitative estimate of drug-likeness (QED) is 0.592. The molecule has 5 heteroatoms. The molecule has 0 aromatic carbocycles. The highest BCUT2D eigenvalue weighted by atomic mass is 16.5. The number of rotatable bonds is 10. The van der Waals surface area contributed by atoms with Crippen LogP contribution in [0.4, 0.5) is 0 Å². The molecule has 0 bridgehead atoms. The van der Waals surface area contributed by atoms with E-state index in [0.717, 1.165) is 6.42 Å². The second-order valence-electron chi connectivity index (χ2n) is 6.39. The zero-order chi connectivity index (χ0) is 15.2. The molecule has 0 saturated heterocycles. The Balaban J connectivity index is 2.05. The first kappa shape index (κ1) is 17.9. The molecule has 1 fully saturated rings. The van der Waals surface area contributed by atoms with E-state index in [-0.39, 0.29) is 11.5 Å². The van der Waals surface area contributed by atoms with Gasteiger partial charge in [-0.2, -0.15) is 0 Å². The Morgan fingerprint density at radius 2 is 2.00 bits per heavy atom. The van der Waals surface area contributed by atoms with Crippen LogP contribution in [0.3, 0.4) is 0 Å². The van der Waals surface area contributed by atoms with E-state index >= 15 is 0 Å². The lowest BCUT2D eigenvalue weighted by Crippen LogP contribution is -2.61. The molecule has 1 aliphatic rings. The number of methoxy groups -OCH3 is 1. The Hall–Kier alpha value is -0.200. The van der Waals surface area contributed by atoms with Crippen molar-refractivity contribution in [2.75, 3.05) is 33.5 Å². The molecule has 1 rings (SSSR count). The van der Waals surface area contributed by atoms with E-state index in [4.69, 9.17) is 14.2 Å². The summed E-state index contributed by atoms with van der Waals surface area (Å²) >= 11 is 0. The third kappa shape index (κ3) is 5.30. The lowest BCUT2D eigenvalue weighted by atomic mass is 9.64. The van der Waals surface area contributed by atoms with E-state index in [1.54, 1.807) is 7.11 Å². The monoisotopic (exact) mass is 289 g/mol. The van der Waals surface area contributed by atoms with Crippen molar-refractivity contribution < 1.29 is 19.3 Å². The van der Waals surface area contributed by atoms with Crippen LogP contribution in [-0.4, -0.2) is 62.9 Å². The molecule has 0 aliphatic heterocycles. The molecule has 2 N–H and O–H groups in total. The molecule has 0 aromatic heterocycles. The lowest BCUT2D eigenvalue weighted by molar-refractivity contribution is -0.100. The van der Waals surface area contributed by atoms with Crippen LogP contribution in [-0.2, 0) is 14.2 Å². The maximum atomic E-state index is 9.86. The Labute approximate surface area is 123 Å². The minimum absolute atomic E-state index is 0.125. The molecule has 3 unspecified atom stereocenters. The van der Waals surface area contributed by atoms with Crippen molar-refractivity contribution in [3.8, 4) is 0 Å². The SMILES string of the molecule is COC1CC(NCC(O)COCCOC(C)C)C1(C)C. The number of hydrogen-bond donors (Lipinski definition) is 2. The van der Waals surface area contributed by atoms with Crippen LogP contribution in [0.1, 0.15) is 34.1 Å². The van der Waals surface area contributed by atoms with Gasteiger partial charge in [0.1, 0.15) is 0 Å². The van der Waals surface area contributed by atoms with Crippen molar-refractivity contribution in [2.45, 2.75) is 58.5 Å². The summed E-state index contributed by atoms with van der Waals surface area (Å²) in [5.41, 5.74) is 0.125. The van der Waals surface area contributed by atoms with Gasteiger partial charge in [0.25, 0.3) is 0 Å². The van der Waals surface area contributed by atoms with E-state index in [9.17, 15) is 5.11 Å². The van der Waals surface area contributed by atoms with E-state index in [2.05, 4.69) is 19.2 Å². The first-order valence-electron chi connectivity index (χ1n) is 7.51. The summed E-state index contributed by atoms with van der Waals surface area (Å²) in [4.78, 5) is 0. The van der Waals surface area contributed by atoms with Gasteiger partial charge in [0.2, 0.25) is 0 Å². The van der Waals surface area contributed by atoms with E-state index in [0.29, 0.717) is 38.5 Å². The van der Waals surface area contributed by atoms with Crippen LogP contribution >= 0.6 is 0 Å². The summed E-state index contributed by atoms with van der Waals surface area (Å²) in [5.74, 6) is 0. The predicted molar refractivity (Wildman–Crippen MR) is 78.9 cm³/mol. The van der Waals surface area contributed by atoms with Crippen molar-refractivity contribution in [1.82, 2.24) is 5.32 Å². The zero-order valence-corrected chi connectivity index (χ0v) is 13.5. The molecule has 20 heavy (non-hydrogen) atoms. The normalized spacial score (nSPS) is 26.6. The zero-order valence-electron chi connectivity index (χ0n) is 13.5. The van der Waals surface area contributed by atoms with Crippen molar-refractivity contribution >= 4 is 0 Å². The van der Waals surface area contributed by atoms with Crippen molar-refractivity contribution in [3.05, 3.63) is 0 Å². The molecular weight excluding hydrogens is 258 g/mol. The standard InChI is InChI=1S/C15H31NO4/c1-11(2)20-7-6-19-10-12(17)9-16-13-8-14(18-5)15(13,3)4/h11-14,16-17H,6-10H2,1-5H3. The van der Waals surface area contributed by atoms with Crippen molar-refractivity contribution in [1.29, 1.82) is 0 Å². The molecule has 0 radical (unpaired) electrons. The van der Waals surface area contributed by atoms with Crippen LogP contribution in [0.2, 0.25) is 0 Å². The number of hydrogen-bond acceptors (Lipinski definition) is 5. The van der Waals surface area contributed by atoms with Crippen molar-refractivity contribution in [3.63, 3.8) is 0 Å². The van der Waals surface area contributed by atoms with E-state index in [1.165, 1.54) is 0 Å². The van der Waals surface area contributed by atoms with Crippen LogP contribution in [0.15, 0.2) is 0 Å². The Bertz CT molecular complexity index is 271. The molecule has 3 atom stereocenters. The number of nitrogens with one attached hydrogen (secondary N) is 1. The number of aliphatic hydroxyl groups is 1. The van der Waals surface area contributed by atoms with Gasteiger partial charge in [0.15, 0.2) is 0 Å². The summed E-state index contributed by atoms with van der Waals surface area (Å²) in [5, 5.41) is 13.3. The van der Waals surface area contributed by atoms with Gasteiger partial charge in [-0.3, -0.25) is 0 Å². The van der Waals surface area contributed by atoms with Crippen LogP contribution in [0.25, 0.3) is 0 Å². The number of ether oxygens (including phenoxy) is 3. The molecule has 1 aliphatic carbocycles. The fourth-order valence-corrected chi connectivity index (χ4v) is 2.53. The summed E-state index contributed by atoms with van der Waals surface area (Å²) in [6.07, 6.45) is 1.05. The largest absolute Gasteiger partial charge is 0.389 e. The first-order valence-corrected chi connectivity index (χ1v) is 7.51. The third-order valence-corrected chi connectivity index (χ3v) is 4.05. The maximum Gasteiger partial charge on any atom is 0.0897 e. The molecule has 0 amide bonds. The summed E-state index contributed by atoms with van der Waals surface area (Å²) in [6, 6.07) is 0.395. The Morgan fingerprint density at radius 3 is 2.55 bits per heavy atom. The topological polar surface area (TPSA) is 60.0 Å². The fraction of sp³-hybridized carbons (Fsp3) is 1.00. The molecule has 0 heterocycles. The Morgan fingerprint density at radius 1 is 1.30 bits per heavy atom. The smallest absolute Gasteiger partial charge is 0.0897 e. The van der Waals surface area contributed by atoms with Crippen molar-refractivity contribution in [2.24, 2.45) is 5.41 Å². The average Bonchev–Trinajstić information content (AvgIpc) is 2.36. The molecule has 120 valence electrons. The van der Waals surface area contributed by atoms with Crippen LogP contribution in [0.5, 0.6) is 0 Å². The predicted octanol–water partition coefficient (Wildman–Crippen LogP) is 1.19. The highest BCUT2D eigenvalue weighted by molar-refractivity contribution is 5.02. The minimum atomic E-state index is -0.480. The van der Waals surface area contributed by atoms with Gasteiger partial charge < -0.3 is 24.6 Å². The summed E-state index contributed by atoms with van der Waals surface area (Å²) in [7, 11) is 1.75. The number of aliphatic hydroxyl groups excluding tert-OH is 1. The first-order chi connectivity index (χ1) is 9.37. The highest BCUT2D eigenvalue weighted by Crippen LogP contribution is 2.42. The average molecular weight is 289 g/mol. The molecule has 5 nitrogen and oxygen atoms in total. The van der Waals surface area contributed by atoms with Gasteiger partial charge in [-0.05, 0) is 20.3 Å². The molecule has 0 spiro atoms. The summed E-state index contributed by atoms with van der Waals surface area (Å²) < 4.78 is 16.2. The maximum absolute atomic E-state index is 9.86. The molecule has 0 aromatic rings.